The highest BCUT2D eigenvalue weighted by Crippen LogP contribution is 2.39. The first kappa shape index (κ1) is 27.3. The van der Waals surface area contributed by atoms with Crippen molar-refractivity contribution in [3.8, 4) is 5.75 Å². The van der Waals surface area contributed by atoms with E-state index in [1.807, 2.05) is 0 Å². The number of benzene rings is 2. The molecular weight excluding hydrogens is 528 g/mol. The summed E-state index contributed by atoms with van der Waals surface area (Å²) in [6.45, 7) is 0.718. The number of anilines is 2. The Balaban J connectivity index is 1.62. The first-order valence-electron chi connectivity index (χ1n) is 11.5. The van der Waals surface area contributed by atoms with Gasteiger partial charge in [-0.25, -0.2) is 22.9 Å². The van der Waals surface area contributed by atoms with Gasteiger partial charge < -0.3 is 15.0 Å². The predicted octanol–water partition coefficient (Wildman–Crippen LogP) is 4.66. The quantitative estimate of drug-likeness (QED) is 0.430. The van der Waals surface area contributed by atoms with E-state index in [-0.39, 0.29) is 28.7 Å². The maximum atomic E-state index is 13.5. The van der Waals surface area contributed by atoms with Crippen molar-refractivity contribution in [1.29, 1.82) is 0 Å². The van der Waals surface area contributed by atoms with E-state index in [0.717, 1.165) is 37.1 Å². The van der Waals surface area contributed by atoms with Crippen LogP contribution in [0.5, 0.6) is 5.75 Å². The highest BCUT2D eigenvalue weighted by atomic mass is 32.2. The van der Waals surface area contributed by atoms with Gasteiger partial charge in [0.05, 0.1) is 23.9 Å². The second-order valence-electron chi connectivity index (χ2n) is 8.77. The van der Waals surface area contributed by atoms with Crippen LogP contribution in [-0.2, 0) is 16.2 Å². The predicted molar refractivity (Wildman–Crippen MR) is 131 cm³/mol. The van der Waals surface area contributed by atoms with Crippen LogP contribution in [-0.4, -0.2) is 44.4 Å². The molecule has 0 saturated carbocycles. The molecule has 4 rings (SSSR count). The number of ether oxygens (including phenoxy) is 1. The number of carbonyl (C=O) groups is 1. The van der Waals surface area contributed by atoms with Crippen LogP contribution in [0.15, 0.2) is 59.8 Å². The molecule has 2 heterocycles. The molecule has 0 radical (unpaired) electrons. The van der Waals surface area contributed by atoms with Crippen molar-refractivity contribution < 1.29 is 35.5 Å². The number of pyridine rings is 1. The first-order valence-corrected chi connectivity index (χ1v) is 13.0. The second kappa shape index (κ2) is 10.6. The van der Waals surface area contributed by atoms with E-state index in [4.69, 9.17) is 9.88 Å². The van der Waals surface area contributed by atoms with E-state index in [0.29, 0.717) is 25.9 Å². The van der Waals surface area contributed by atoms with Crippen molar-refractivity contribution in [3.63, 3.8) is 0 Å². The summed E-state index contributed by atoms with van der Waals surface area (Å²) in [4.78, 5) is 18.7. The van der Waals surface area contributed by atoms with Gasteiger partial charge in [-0.2, -0.15) is 13.2 Å². The minimum absolute atomic E-state index is 0.0398. The monoisotopic (exact) mass is 552 g/mol. The average molecular weight is 553 g/mol. The molecule has 3 aromatic rings. The van der Waals surface area contributed by atoms with Gasteiger partial charge >= 0.3 is 6.18 Å². The number of hydrogen-bond acceptors (Lipinski definition) is 6. The van der Waals surface area contributed by atoms with E-state index < -0.39 is 38.4 Å². The Morgan fingerprint density at radius 2 is 1.76 bits per heavy atom. The van der Waals surface area contributed by atoms with Crippen molar-refractivity contribution >= 4 is 27.3 Å². The number of nitrogens with one attached hydrogen (secondary N) is 1. The van der Waals surface area contributed by atoms with Crippen LogP contribution in [0.2, 0.25) is 0 Å². The van der Waals surface area contributed by atoms with Crippen LogP contribution in [0.4, 0.5) is 28.9 Å². The van der Waals surface area contributed by atoms with E-state index in [9.17, 15) is 30.8 Å². The fourth-order valence-electron chi connectivity index (χ4n) is 4.35. The average Bonchev–Trinajstić information content (AvgIpc) is 2.88. The van der Waals surface area contributed by atoms with Crippen molar-refractivity contribution in [3.05, 3.63) is 77.2 Å². The van der Waals surface area contributed by atoms with Crippen LogP contribution in [0.1, 0.15) is 40.2 Å². The fourth-order valence-corrected chi connectivity index (χ4v) is 4.83. The zero-order chi connectivity index (χ0) is 27.7. The van der Waals surface area contributed by atoms with Gasteiger partial charge in [-0.3, -0.25) is 4.79 Å². The molecule has 8 nitrogen and oxygen atoms in total. The number of hydrogen-bond donors (Lipinski definition) is 2. The molecule has 0 atom stereocenters. The third-order valence-electron chi connectivity index (χ3n) is 6.31. The van der Waals surface area contributed by atoms with Crippen LogP contribution in [0.3, 0.4) is 0 Å². The summed E-state index contributed by atoms with van der Waals surface area (Å²) in [5.41, 5.74) is -0.273. The van der Waals surface area contributed by atoms with Crippen LogP contribution >= 0.6 is 0 Å². The van der Waals surface area contributed by atoms with Crippen molar-refractivity contribution in [2.45, 2.75) is 30.0 Å². The van der Waals surface area contributed by atoms with Crippen molar-refractivity contribution in [2.24, 2.45) is 5.14 Å². The van der Waals surface area contributed by atoms with Gasteiger partial charge in [-0.05, 0) is 54.7 Å². The van der Waals surface area contributed by atoms with Crippen LogP contribution in [0, 0.1) is 5.82 Å². The lowest BCUT2D eigenvalue weighted by Crippen LogP contribution is -2.38. The minimum Gasteiger partial charge on any atom is -0.496 e. The molecule has 1 aliphatic heterocycles. The molecule has 0 unspecified atom stereocenters. The molecule has 0 aliphatic carbocycles. The van der Waals surface area contributed by atoms with Gasteiger partial charge in [0.1, 0.15) is 11.6 Å². The largest absolute Gasteiger partial charge is 0.496 e. The molecule has 1 aliphatic rings. The molecule has 1 fully saturated rings. The second-order valence-corrected chi connectivity index (χ2v) is 10.3. The lowest BCUT2D eigenvalue weighted by atomic mass is 9.89. The normalized spacial score (nSPS) is 14.8. The number of primary sulfonamides is 1. The number of nitrogens with zero attached hydrogens (tertiary/aromatic N) is 2. The number of aromatic nitrogens is 1. The van der Waals surface area contributed by atoms with Gasteiger partial charge in [0.15, 0.2) is 5.03 Å². The molecule has 202 valence electrons. The Hall–Kier alpha value is -3.71. The number of nitrogens with two attached hydrogens (primary N) is 1. The number of carbonyl (C=O) groups excluding carboxylic acids is 1. The van der Waals surface area contributed by atoms with Gasteiger partial charge in [0, 0.05) is 31.0 Å². The standard InChI is InChI=1S/C25H24F4N4O4S/c1-37-22-7-6-18(12-20(22)25(27,28)29)32-21-13-23(38(30,35)36)31-14-19(21)24(34)33-10-8-16(9-11-33)15-2-4-17(26)5-3-15/h2-7,12-14,16H,8-11H2,1H3,(H,31,32)(H2,30,35,36). The number of rotatable bonds is 6. The SMILES string of the molecule is COc1ccc(Nc2cc(S(N)(=O)=O)ncc2C(=O)N2CCC(c3ccc(F)cc3)CC2)cc1C(F)(F)F. The van der Waals surface area contributed by atoms with Crippen LogP contribution in [0.25, 0.3) is 0 Å². The first-order chi connectivity index (χ1) is 17.9. The number of sulfonamides is 1. The summed E-state index contributed by atoms with van der Waals surface area (Å²) in [6, 6.07) is 10.4. The number of methoxy groups -OCH3 is 1. The summed E-state index contributed by atoms with van der Waals surface area (Å²) in [6.07, 6.45) is -2.47. The smallest absolute Gasteiger partial charge is 0.420 e. The third-order valence-corrected chi connectivity index (χ3v) is 7.11. The summed E-state index contributed by atoms with van der Waals surface area (Å²) in [7, 11) is -3.16. The molecule has 38 heavy (non-hydrogen) atoms. The van der Waals surface area contributed by atoms with Gasteiger partial charge in [-0.15, -0.1) is 0 Å². The molecule has 1 saturated heterocycles. The zero-order valence-corrected chi connectivity index (χ0v) is 20.9. The van der Waals surface area contributed by atoms with E-state index in [2.05, 4.69) is 10.3 Å². The molecular formula is C25H24F4N4O4S. The Morgan fingerprint density at radius 3 is 2.34 bits per heavy atom. The molecule has 2 aromatic carbocycles. The Kier molecular flexibility index (Phi) is 7.61. The molecule has 0 spiro atoms. The number of piperidine rings is 1. The van der Waals surface area contributed by atoms with E-state index in [1.54, 1.807) is 17.0 Å². The van der Waals surface area contributed by atoms with Gasteiger partial charge in [0.25, 0.3) is 15.9 Å². The maximum absolute atomic E-state index is 13.5. The Labute approximate surface area is 216 Å². The van der Waals surface area contributed by atoms with E-state index >= 15 is 0 Å². The highest BCUT2D eigenvalue weighted by molar-refractivity contribution is 7.89. The Morgan fingerprint density at radius 1 is 1.11 bits per heavy atom. The third kappa shape index (κ3) is 6.05. The molecule has 1 aromatic heterocycles. The van der Waals surface area contributed by atoms with E-state index in [1.165, 1.54) is 18.2 Å². The summed E-state index contributed by atoms with van der Waals surface area (Å²) in [5, 5.41) is 7.34. The summed E-state index contributed by atoms with van der Waals surface area (Å²) < 4.78 is 82.3. The summed E-state index contributed by atoms with van der Waals surface area (Å²) >= 11 is 0. The number of halogens is 4. The molecule has 0 bridgehead atoms. The van der Waals surface area contributed by atoms with Crippen molar-refractivity contribution in [2.75, 3.05) is 25.5 Å². The molecule has 13 heteroatoms. The number of alkyl halides is 3. The Bertz CT molecular complexity index is 1440. The van der Waals surface area contributed by atoms with Gasteiger partial charge in [-0.1, -0.05) is 12.1 Å². The lowest BCUT2D eigenvalue weighted by Gasteiger charge is -2.32. The minimum atomic E-state index is -4.72. The highest BCUT2D eigenvalue weighted by Gasteiger charge is 2.35. The van der Waals surface area contributed by atoms with Crippen molar-refractivity contribution in [1.82, 2.24) is 9.88 Å². The topological polar surface area (TPSA) is 115 Å². The van der Waals surface area contributed by atoms with Crippen LogP contribution < -0.4 is 15.2 Å². The number of likely N-dealkylation sites (tertiary alicyclic amines) is 1. The molecule has 3 N–H and O–H groups in total. The molecule has 1 amide bonds. The zero-order valence-electron chi connectivity index (χ0n) is 20.1. The van der Waals surface area contributed by atoms with Gasteiger partial charge in [0.2, 0.25) is 0 Å². The number of amides is 1. The maximum Gasteiger partial charge on any atom is 0.420 e. The fraction of sp³-hybridized carbons (Fsp3) is 0.280. The lowest BCUT2D eigenvalue weighted by molar-refractivity contribution is -0.138. The summed E-state index contributed by atoms with van der Waals surface area (Å²) in [5.74, 6) is -1.09.